The van der Waals surface area contributed by atoms with Gasteiger partial charge in [0.1, 0.15) is 12.4 Å². The average molecular weight is 387 g/mol. The largest absolute Gasteiger partial charge is 0.492 e. The van der Waals surface area contributed by atoms with Crippen molar-refractivity contribution in [2.24, 2.45) is 0 Å². The van der Waals surface area contributed by atoms with Crippen LogP contribution in [0, 0.1) is 0 Å². The van der Waals surface area contributed by atoms with Crippen LogP contribution in [0.3, 0.4) is 0 Å². The fourth-order valence-corrected chi connectivity index (χ4v) is 4.07. The van der Waals surface area contributed by atoms with Gasteiger partial charge in [-0.15, -0.1) is 0 Å². The van der Waals surface area contributed by atoms with Crippen LogP contribution in [0.25, 0.3) is 10.9 Å². The zero-order valence-electron chi connectivity index (χ0n) is 14.8. The maximum atomic E-state index is 11.7. The van der Waals surface area contributed by atoms with E-state index in [0.29, 0.717) is 13.0 Å². The summed E-state index contributed by atoms with van der Waals surface area (Å²) < 4.78 is 11.2. The highest BCUT2D eigenvalue weighted by Gasteiger charge is 2.31. The Morgan fingerprint density at radius 2 is 2.11 bits per heavy atom. The molecule has 1 unspecified atom stereocenters. The van der Waals surface area contributed by atoms with Crippen molar-refractivity contribution in [3.05, 3.63) is 36.0 Å². The van der Waals surface area contributed by atoms with Gasteiger partial charge in [0, 0.05) is 37.3 Å². The SMILES string of the molecule is O=C1NC(=O)C(Cc2cnc3cc(OCCN4CCOCC4)ccc3c2)S1. The first-order chi connectivity index (χ1) is 13.2. The molecular weight excluding hydrogens is 366 g/mol. The van der Waals surface area contributed by atoms with Gasteiger partial charge in [-0.05, 0) is 30.2 Å². The molecule has 1 atom stereocenters. The average Bonchev–Trinajstić information content (AvgIpc) is 2.99. The molecule has 1 aromatic heterocycles. The van der Waals surface area contributed by atoms with Crippen molar-refractivity contribution in [1.82, 2.24) is 15.2 Å². The molecule has 2 fully saturated rings. The fraction of sp³-hybridized carbons (Fsp3) is 0.421. The highest BCUT2D eigenvalue weighted by molar-refractivity contribution is 8.15. The number of carbonyl (C=O) groups is 2. The number of amides is 2. The first kappa shape index (κ1) is 18.2. The van der Waals surface area contributed by atoms with E-state index in [0.717, 1.165) is 66.8 Å². The van der Waals surface area contributed by atoms with E-state index in [1.165, 1.54) is 0 Å². The van der Waals surface area contributed by atoms with E-state index in [-0.39, 0.29) is 16.4 Å². The van der Waals surface area contributed by atoms with Crippen molar-refractivity contribution in [3.8, 4) is 5.75 Å². The predicted octanol–water partition coefficient (Wildman–Crippen LogP) is 1.84. The third-order valence-corrected chi connectivity index (χ3v) is 5.66. The Kier molecular flexibility index (Phi) is 5.56. The van der Waals surface area contributed by atoms with Crippen molar-refractivity contribution in [2.45, 2.75) is 11.7 Å². The Morgan fingerprint density at radius 3 is 2.89 bits per heavy atom. The summed E-state index contributed by atoms with van der Waals surface area (Å²) in [6, 6.07) is 7.85. The topological polar surface area (TPSA) is 80.8 Å². The molecule has 2 aliphatic heterocycles. The molecule has 3 heterocycles. The summed E-state index contributed by atoms with van der Waals surface area (Å²) in [5, 5.41) is 2.65. The van der Waals surface area contributed by atoms with E-state index in [9.17, 15) is 9.59 Å². The molecule has 0 spiro atoms. The van der Waals surface area contributed by atoms with Crippen molar-refractivity contribution >= 4 is 33.8 Å². The van der Waals surface area contributed by atoms with Gasteiger partial charge < -0.3 is 9.47 Å². The minimum absolute atomic E-state index is 0.228. The molecule has 2 saturated heterocycles. The van der Waals surface area contributed by atoms with Crippen LogP contribution in [0.5, 0.6) is 5.75 Å². The molecule has 0 aliphatic carbocycles. The molecule has 2 amide bonds. The number of benzene rings is 1. The van der Waals surface area contributed by atoms with Crippen LogP contribution in [0.2, 0.25) is 0 Å². The molecule has 2 aliphatic rings. The van der Waals surface area contributed by atoms with Crippen LogP contribution >= 0.6 is 11.8 Å². The molecule has 0 saturated carbocycles. The van der Waals surface area contributed by atoms with Gasteiger partial charge in [0.2, 0.25) is 5.91 Å². The number of imide groups is 1. The highest BCUT2D eigenvalue weighted by atomic mass is 32.2. The van der Waals surface area contributed by atoms with Gasteiger partial charge in [-0.1, -0.05) is 11.8 Å². The number of hydrogen-bond donors (Lipinski definition) is 1. The fourth-order valence-electron chi connectivity index (χ4n) is 3.21. The van der Waals surface area contributed by atoms with Crippen LogP contribution in [0.15, 0.2) is 30.5 Å². The van der Waals surface area contributed by atoms with Gasteiger partial charge >= 0.3 is 0 Å². The summed E-state index contributed by atoms with van der Waals surface area (Å²) >= 11 is 1.04. The van der Waals surface area contributed by atoms with Crippen LogP contribution < -0.4 is 10.1 Å². The maximum absolute atomic E-state index is 11.7. The van der Waals surface area contributed by atoms with Crippen molar-refractivity contribution in [2.75, 3.05) is 39.5 Å². The van der Waals surface area contributed by atoms with Gasteiger partial charge in [-0.25, -0.2) is 0 Å². The molecular formula is C19H21N3O4S. The van der Waals surface area contributed by atoms with E-state index in [1.807, 2.05) is 24.3 Å². The lowest BCUT2D eigenvalue weighted by atomic mass is 10.1. The first-order valence-electron chi connectivity index (χ1n) is 9.00. The third-order valence-electron chi connectivity index (χ3n) is 4.68. The molecule has 142 valence electrons. The molecule has 0 bridgehead atoms. The standard InChI is InChI=1S/C19H21N3O4S/c23-18-17(27-19(24)21-18)10-13-9-14-1-2-15(11-16(14)20-12-13)26-8-5-22-3-6-25-7-4-22/h1-2,9,11-12,17H,3-8,10H2,(H,21,23,24). The third kappa shape index (κ3) is 4.58. The minimum Gasteiger partial charge on any atom is -0.492 e. The van der Waals surface area contributed by atoms with E-state index in [4.69, 9.17) is 9.47 Å². The minimum atomic E-state index is -0.375. The summed E-state index contributed by atoms with van der Waals surface area (Å²) in [5.41, 5.74) is 1.79. The number of fused-ring (bicyclic) bond motifs is 1. The summed E-state index contributed by atoms with van der Waals surface area (Å²) in [6.07, 6.45) is 2.25. The number of nitrogens with one attached hydrogen (secondary N) is 1. The number of morpholine rings is 1. The Balaban J connectivity index is 1.36. The van der Waals surface area contributed by atoms with Gasteiger partial charge in [0.05, 0.1) is 24.0 Å². The van der Waals surface area contributed by atoms with Gasteiger partial charge in [-0.2, -0.15) is 0 Å². The number of rotatable bonds is 6. The molecule has 27 heavy (non-hydrogen) atoms. The summed E-state index contributed by atoms with van der Waals surface area (Å²) in [6.45, 7) is 5.00. The number of pyridine rings is 1. The number of thioether (sulfide) groups is 1. The lowest BCUT2D eigenvalue weighted by Gasteiger charge is -2.26. The van der Waals surface area contributed by atoms with Crippen LogP contribution in [-0.2, 0) is 16.0 Å². The van der Waals surface area contributed by atoms with Gasteiger partial charge in [0.25, 0.3) is 5.24 Å². The number of ether oxygens (including phenoxy) is 2. The Bertz CT molecular complexity index is 854. The maximum Gasteiger partial charge on any atom is 0.286 e. The quantitative estimate of drug-likeness (QED) is 0.810. The van der Waals surface area contributed by atoms with Gasteiger partial charge in [0.15, 0.2) is 0 Å². The Hall–Kier alpha value is -2.16. The van der Waals surface area contributed by atoms with E-state index < -0.39 is 0 Å². The van der Waals surface area contributed by atoms with Crippen LogP contribution in [0.4, 0.5) is 4.79 Å². The molecule has 7 nitrogen and oxygen atoms in total. The summed E-state index contributed by atoms with van der Waals surface area (Å²) in [7, 11) is 0. The molecule has 1 N–H and O–H groups in total. The molecule has 4 rings (SSSR count). The Labute approximate surface area is 161 Å². The lowest BCUT2D eigenvalue weighted by Crippen LogP contribution is -2.38. The predicted molar refractivity (Wildman–Crippen MR) is 103 cm³/mol. The Morgan fingerprint density at radius 1 is 1.26 bits per heavy atom. The van der Waals surface area contributed by atoms with Crippen molar-refractivity contribution < 1.29 is 19.1 Å². The number of hydrogen-bond acceptors (Lipinski definition) is 7. The number of carbonyl (C=O) groups excluding carboxylic acids is 2. The molecule has 8 heteroatoms. The molecule has 0 radical (unpaired) electrons. The zero-order chi connectivity index (χ0) is 18.6. The molecule has 1 aromatic carbocycles. The normalized spacial score (nSPS) is 20.8. The van der Waals surface area contributed by atoms with Crippen molar-refractivity contribution in [3.63, 3.8) is 0 Å². The number of nitrogens with zero attached hydrogens (tertiary/aromatic N) is 2. The lowest BCUT2D eigenvalue weighted by molar-refractivity contribution is -0.118. The van der Waals surface area contributed by atoms with Crippen molar-refractivity contribution in [1.29, 1.82) is 0 Å². The summed E-state index contributed by atoms with van der Waals surface area (Å²) in [5.74, 6) is 0.571. The smallest absolute Gasteiger partial charge is 0.286 e. The summed E-state index contributed by atoms with van der Waals surface area (Å²) in [4.78, 5) is 29.8. The second-order valence-corrected chi connectivity index (χ2v) is 7.76. The first-order valence-corrected chi connectivity index (χ1v) is 9.88. The van der Waals surface area contributed by atoms with E-state index >= 15 is 0 Å². The van der Waals surface area contributed by atoms with E-state index in [1.54, 1.807) is 6.20 Å². The van der Waals surface area contributed by atoms with E-state index in [2.05, 4.69) is 15.2 Å². The second-order valence-electron chi connectivity index (χ2n) is 6.59. The highest BCUT2D eigenvalue weighted by Crippen LogP contribution is 2.25. The second kappa shape index (κ2) is 8.24. The van der Waals surface area contributed by atoms with Crippen LogP contribution in [0.1, 0.15) is 5.56 Å². The molecule has 2 aromatic rings. The number of aromatic nitrogens is 1. The monoisotopic (exact) mass is 387 g/mol. The van der Waals surface area contributed by atoms with Crippen LogP contribution in [-0.4, -0.2) is 65.7 Å². The zero-order valence-corrected chi connectivity index (χ0v) is 15.7. The van der Waals surface area contributed by atoms with Gasteiger partial charge in [-0.3, -0.25) is 24.8 Å².